The molecule has 112 valence electrons. The van der Waals surface area contributed by atoms with Crippen molar-refractivity contribution in [1.82, 2.24) is 10.3 Å². The summed E-state index contributed by atoms with van der Waals surface area (Å²) < 4.78 is 11.1. The minimum Gasteiger partial charge on any atom is -0.497 e. The van der Waals surface area contributed by atoms with E-state index in [2.05, 4.69) is 30.2 Å². The Morgan fingerprint density at radius 2 is 1.90 bits per heavy atom. The molecule has 0 aliphatic rings. The summed E-state index contributed by atoms with van der Waals surface area (Å²) in [4.78, 5) is 4.52. The Hall–Kier alpha value is -2.07. The molecule has 0 spiro atoms. The lowest BCUT2D eigenvalue weighted by Gasteiger charge is -2.10. The van der Waals surface area contributed by atoms with Crippen LogP contribution in [0.1, 0.15) is 25.1 Å². The third-order valence-electron chi connectivity index (χ3n) is 3.12. The number of benzene rings is 1. The molecule has 0 unspecified atom stereocenters. The van der Waals surface area contributed by atoms with Crippen molar-refractivity contribution < 1.29 is 9.47 Å². The summed E-state index contributed by atoms with van der Waals surface area (Å²) in [5, 5.41) is 3.32. The maximum absolute atomic E-state index is 5.87. The molecule has 2 rings (SSSR count). The molecule has 0 saturated carbocycles. The Morgan fingerprint density at radius 3 is 2.62 bits per heavy atom. The molecule has 4 nitrogen and oxygen atoms in total. The third-order valence-corrected chi connectivity index (χ3v) is 3.12. The lowest BCUT2D eigenvalue weighted by Crippen LogP contribution is -2.12. The standard InChI is InChI=1S/C17H22N2O2/c1-4-14-9-13(12-18-5-2)10-17(19-14)21-16-8-6-7-15(11-16)20-3/h6-11,18H,4-5,12H2,1-3H3. The first-order valence-corrected chi connectivity index (χ1v) is 7.27. The zero-order valence-corrected chi connectivity index (χ0v) is 12.8. The highest BCUT2D eigenvalue weighted by Crippen LogP contribution is 2.25. The Bertz CT molecular complexity index is 585. The fourth-order valence-corrected chi connectivity index (χ4v) is 2.01. The molecule has 0 saturated heterocycles. The highest BCUT2D eigenvalue weighted by Gasteiger charge is 2.05. The smallest absolute Gasteiger partial charge is 0.219 e. The fraction of sp³-hybridized carbons (Fsp3) is 0.353. The number of ether oxygens (including phenoxy) is 2. The SMILES string of the molecule is CCNCc1cc(CC)nc(Oc2cccc(OC)c2)c1. The Morgan fingerprint density at radius 1 is 1.10 bits per heavy atom. The molecule has 1 aromatic carbocycles. The molecule has 0 amide bonds. The zero-order chi connectivity index (χ0) is 15.1. The predicted octanol–water partition coefficient (Wildman–Crippen LogP) is 3.55. The molecule has 0 fully saturated rings. The van der Waals surface area contributed by atoms with Gasteiger partial charge in [0.25, 0.3) is 0 Å². The second kappa shape index (κ2) is 7.64. The van der Waals surface area contributed by atoms with Crippen LogP contribution in [-0.2, 0) is 13.0 Å². The fourth-order valence-electron chi connectivity index (χ4n) is 2.01. The van der Waals surface area contributed by atoms with Crippen LogP contribution in [0.15, 0.2) is 36.4 Å². The number of methoxy groups -OCH3 is 1. The van der Waals surface area contributed by atoms with Crippen molar-refractivity contribution in [2.24, 2.45) is 0 Å². The van der Waals surface area contributed by atoms with E-state index in [9.17, 15) is 0 Å². The van der Waals surface area contributed by atoms with Crippen LogP contribution in [0.4, 0.5) is 0 Å². The summed E-state index contributed by atoms with van der Waals surface area (Å²) in [6, 6.07) is 11.6. The molecule has 21 heavy (non-hydrogen) atoms. The lowest BCUT2D eigenvalue weighted by atomic mass is 10.2. The summed E-state index contributed by atoms with van der Waals surface area (Å²) in [5.41, 5.74) is 2.21. The van der Waals surface area contributed by atoms with Crippen LogP contribution < -0.4 is 14.8 Å². The van der Waals surface area contributed by atoms with Gasteiger partial charge < -0.3 is 14.8 Å². The first-order valence-electron chi connectivity index (χ1n) is 7.27. The molecule has 1 heterocycles. The average molecular weight is 286 g/mol. The van der Waals surface area contributed by atoms with E-state index in [-0.39, 0.29) is 0 Å². The van der Waals surface area contributed by atoms with Gasteiger partial charge in [-0.05, 0) is 36.7 Å². The van der Waals surface area contributed by atoms with Crippen LogP contribution in [0.3, 0.4) is 0 Å². The van der Waals surface area contributed by atoms with Gasteiger partial charge in [-0.25, -0.2) is 4.98 Å². The Kier molecular flexibility index (Phi) is 5.58. The summed E-state index contributed by atoms with van der Waals surface area (Å²) >= 11 is 0. The van der Waals surface area contributed by atoms with E-state index in [0.717, 1.165) is 36.7 Å². The van der Waals surface area contributed by atoms with Crippen molar-refractivity contribution in [1.29, 1.82) is 0 Å². The summed E-state index contributed by atoms with van der Waals surface area (Å²) in [7, 11) is 1.64. The highest BCUT2D eigenvalue weighted by atomic mass is 16.5. The van der Waals surface area contributed by atoms with Crippen LogP contribution in [-0.4, -0.2) is 18.6 Å². The minimum atomic E-state index is 0.621. The molecule has 4 heteroatoms. The van der Waals surface area contributed by atoms with Gasteiger partial charge in [-0.2, -0.15) is 0 Å². The van der Waals surface area contributed by atoms with Gasteiger partial charge in [0.1, 0.15) is 11.5 Å². The second-order valence-corrected chi connectivity index (χ2v) is 4.72. The number of hydrogen-bond acceptors (Lipinski definition) is 4. The molecule has 0 bridgehead atoms. The van der Waals surface area contributed by atoms with Crippen molar-refractivity contribution in [2.45, 2.75) is 26.8 Å². The van der Waals surface area contributed by atoms with Gasteiger partial charge >= 0.3 is 0 Å². The van der Waals surface area contributed by atoms with Crippen LogP contribution >= 0.6 is 0 Å². The first-order chi connectivity index (χ1) is 10.2. The van der Waals surface area contributed by atoms with E-state index in [0.29, 0.717) is 5.88 Å². The molecule has 0 radical (unpaired) electrons. The lowest BCUT2D eigenvalue weighted by molar-refractivity contribution is 0.407. The highest BCUT2D eigenvalue weighted by molar-refractivity contribution is 5.36. The number of rotatable bonds is 7. The van der Waals surface area contributed by atoms with Crippen LogP contribution in [0.5, 0.6) is 17.4 Å². The number of aromatic nitrogens is 1. The zero-order valence-electron chi connectivity index (χ0n) is 12.8. The maximum atomic E-state index is 5.87. The molecular formula is C17H22N2O2. The van der Waals surface area contributed by atoms with Crippen molar-refractivity contribution in [3.8, 4) is 17.4 Å². The van der Waals surface area contributed by atoms with Crippen molar-refractivity contribution in [2.75, 3.05) is 13.7 Å². The van der Waals surface area contributed by atoms with E-state index in [1.54, 1.807) is 7.11 Å². The Labute approximate surface area is 126 Å². The molecule has 0 atom stereocenters. The van der Waals surface area contributed by atoms with Gasteiger partial charge in [-0.3, -0.25) is 0 Å². The summed E-state index contributed by atoms with van der Waals surface area (Å²) in [6.07, 6.45) is 0.883. The van der Waals surface area contributed by atoms with Gasteiger partial charge in [0.05, 0.1) is 7.11 Å². The minimum absolute atomic E-state index is 0.621. The first kappa shape index (κ1) is 15.3. The van der Waals surface area contributed by atoms with Crippen molar-refractivity contribution >= 4 is 0 Å². The topological polar surface area (TPSA) is 43.4 Å². The van der Waals surface area contributed by atoms with Gasteiger partial charge in [-0.1, -0.05) is 19.9 Å². The quantitative estimate of drug-likeness (QED) is 0.845. The van der Waals surface area contributed by atoms with E-state index < -0.39 is 0 Å². The van der Waals surface area contributed by atoms with E-state index in [1.807, 2.05) is 30.3 Å². The summed E-state index contributed by atoms with van der Waals surface area (Å²) in [6.45, 7) is 5.95. The van der Waals surface area contributed by atoms with Gasteiger partial charge in [0, 0.05) is 24.4 Å². The molecule has 0 aliphatic carbocycles. The monoisotopic (exact) mass is 286 g/mol. The Balaban J connectivity index is 2.21. The van der Waals surface area contributed by atoms with Crippen LogP contribution in [0.2, 0.25) is 0 Å². The van der Waals surface area contributed by atoms with Gasteiger partial charge in [0.2, 0.25) is 5.88 Å². The summed E-state index contributed by atoms with van der Waals surface area (Å²) in [5.74, 6) is 2.12. The largest absolute Gasteiger partial charge is 0.497 e. The molecule has 1 N–H and O–H groups in total. The predicted molar refractivity (Wildman–Crippen MR) is 84.1 cm³/mol. The number of nitrogens with one attached hydrogen (secondary N) is 1. The van der Waals surface area contributed by atoms with Gasteiger partial charge in [-0.15, -0.1) is 0 Å². The van der Waals surface area contributed by atoms with Crippen LogP contribution in [0, 0.1) is 0 Å². The number of nitrogens with zero attached hydrogens (tertiary/aromatic N) is 1. The number of hydrogen-bond donors (Lipinski definition) is 1. The van der Waals surface area contributed by atoms with E-state index in [1.165, 1.54) is 5.56 Å². The van der Waals surface area contributed by atoms with Crippen molar-refractivity contribution in [3.63, 3.8) is 0 Å². The number of aryl methyl sites for hydroxylation is 1. The van der Waals surface area contributed by atoms with Crippen LogP contribution in [0.25, 0.3) is 0 Å². The molecular weight excluding hydrogens is 264 g/mol. The maximum Gasteiger partial charge on any atom is 0.219 e. The van der Waals surface area contributed by atoms with E-state index >= 15 is 0 Å². The van der Waals surface area contributed by atoms with Crippen molar-refractivity contribution in [3.05, 3.63) is 47.7 Å². The number of pyridine rings is 1. The van der Waals surface area contributed by atoms with Gasteiger partial charge in [0.15, 0.2) is 0 Å². The third kappa shape index (κ3) is 4.46. The van der Waals surface area contributed by atoms with E-state index in [4.69, 9.17) is 9.47 Å². The normalized spacial score (nSPS) is 10.4. The molecule has 0 aliphatic heterocycles. The molecule has 1 aromatic heterocycles. The second-order valence-electron chi connectivity index (χ2n) is 4.72. The molecule has 2 aromatic rings. The average Bonchev–Trinajstić information content (AvgIpc) is 2.52.